The molecule has 0 aliphatic heterocycles. The number of nitrogens with two attached hydrogens (primary N) is 1. The smallest absolute Gasteiger partial charge is 0.312 e. The van der Waals surface area contributed by atoms with Gasteiger partial charge in [0.15, 0.2) is 0 Å². The van der Waals surface area contributed by atoms with Crippen molar-refractivity contribution in [1.29, 1.82) is 0 Å². The normalized spacial score (nSPS) is 11.9. The lowest BCUT2D eigenvalue weighted by Gasteiger charge is -2.23. The standard InChI is InChI=1S/C11H19N5O2S/c1-16(7-9-13-4-5-14-9)10(17)8(3-6-19-2)15-11(12)18/h4-5,8H,3,6-7H2,1-2H3,(H,13,14)(H3,12,15,18). The molecular formula is C11H19N5O2S. The molecule has 106 valence electrons. The van der Waals surface area contributed by atoms with Crippen molar-refractivity contribution in [2.45, 2.75) is 19.0 Å². The molecule has 0 aliphatic carbocycles. The number of aromatic amines is 1. The summed E-state index contributed by atoms with van der Waals surface area (Å²) in [5.74, 6) is 1.29. The second kappa shape index (κ2) is 7.67. The lowest BCUT2D eigenvalue weighted by molar-refractivity contribution is -0.132. The molecule has 1 aromatic rings. The zero-order valence-corrected chi connectivity index (χ0v) is 11.9. The van der Waals surface area contributed by atoms with Crippen LogP contribution < -0.4 is 11.1 Å². The molecule has 0 aliphatic rings. The number of thioether (sulfide) groups is 1. The topological polar surface area (TPSA) is 104 Å². The maximum Gasteiger partial charge on any atom is 0.312 e. The second-order valence-corrected chi connectivity index (χ2v) is 5.06. The Balaban J connectivity index is 2.60. The van der Waals surface area contributed by atoms with Crippen molar-refractivity contribution in [2.24, 2.45) is 5.73 Å². The summed E-state index contributed by atoms with van der Waals surface area (Å²) in [6, 6.07) is -1.28. The van der Waals surface area contributed by atoms with Gasteiger partial charge in [-0.25, -0.2) is 9.78 Å². The Bertz CT molecular complexity index is 409. The average Bonchev–Trinajstić information content (AvgIpc) is 2.85. The van der Waals surface area contributed by atoms with Crippen molar-refractivity contribution in [3.63, 3.8) is 0 Å². The Kier molecular flexibility index (Phi) is 6.20. The summed E-state index contributed by atoms with van der Waals surface area (Å²) in [5, 5.41) is 2.48. The molecule has 0 aromatic carbocycles. The van der Waals surface area contributed by atoms with Gasteiger partial charge in [-0.2, -0.15) is 11.8 Å². The zero-order chi connectivity index (χ0) is 14.3. The number of primary amides is 1. The molecule has 19 heavy (non-hydrogen) atoms. The summed E-state index contributed by atoms with van der Waals surface area (Å²) in [5.41, 5.74) is 5.09. The number of amides is 3. The maximum atomic E-state index is 12.2. The summed E-state index contributed by atoms with van der Waals surface area (Å²) in [4.78, 5) is 31.6. The third-order valence-corrected chi connectivity index (χ3v) is 3.19. The monoisotopic (exact) mass is 285 g/mol. The highest BCUT2D eigenvalue weighted by Gasteiger charge is 2.23. The fourth-order valence-electron chi connectivity index (χ4n) is 1.62. The predicted molar refractivity (Wildman–Crippen MR) is 74.6 cm³/mol. The number of imidazole rings is 1. The number of hydrogen-bond donors (Lipinski definition) is 3. The van der Waals surface area contributed by atoms with E-state index in [1.807, 2.05) is 6.26 Å². The van der Waals surface area contributed by atoms with E-state index in [1.54, 1.807) is 31.2 Å². The molecule has 1 rings (SSSR count). The van der Waals surface area contributed by atoms with Crippen LogP contribution in [-0.4, -0.2) is 51.9 Å². The minimum absolute atomic E-state index is 0.177. The van der Waals surface area contributed by atoms with Crippen LogP contribution in [0.15, 0.2) is 12.4 Å². The number of rotatable bonds is 7. The van der Waals surface area contributed by atoms with E-state index in [0.29, 0.717) is 18.8 Å². The van der Waals surface area contributed by atoms with Crippen molar-refractivity contribution >= 4 is 23.7 Å². The lowest BCUT2D eigenvalue weighted by atomic mass is 10.2. The Morgan fingerprint density at radius 3 is 2.89 bits per heavy atom. The van der Waals surface area contributed by atoms with Gasteiger partial charge in [-0.3, -0.25) is 4.79 Å². The largest absolute Gasteiger partial charge is 0.352 e. The summed E-state index contributed by atoms with van der Waals surface area (Å²) < 4.78 is 0. The first-order valence-corrected chi connectivity index (χ1v) is 7.22. The molecule has 0 saturated heterocycles. The molecule has 1 atom stereocenters. The number of hydrogen-bond acceptors (Lipinski definition) is 4. The van der Waals surface area contributed by atoms with Crippen molar-refractivity contribution in [1.82, 2.24) is 20.2 Å². The molecule has 1 heterocycles. The first kappa shape index (κ1) is 15.4. The summed E-state index contributed by atoms with van der Waals surface area (Å²) in [6.07, 6.45) is 5.81. The van der Waals surface area contributed by atoms with E-state index in [0.717, 1.165) is 5.75 Å². The van der Waals surface area contributed by atoms with Gasteiger partial charge in [0, 0.05) is 19.4 Å². The second-order valence-electron chi connectivity index (χ2n) is 4.07. The predicted octanol–water partition coefficient (Wildman–Crippen LogP) is 0.158. The fraction of sp³-hybridized carbons (Fsp3) is 0.545. The SMILES string of the molecule is CSCCC(NC(N)=O)C(=O)N(C)Cc1ncc[nH]1. The minimum Gasteiger partial charge on any atom is -0.352 e. The Morgan fingerprint density at radius 2 is 2.37 bits per heavy atom. The molecule has 1 aromatic heterocycles. The summed E-state index contributed by atoms with van der Waals surface area (Å²) in [7, 11) is 1.67. The molecule has 0 bridgehead atoms. The minimum atomic E-state index is -0.689. The molecule has 0 saturated carbocycles. The van der Waals surface area contributed by atoms with Gasteiger partial charge in [0.05, 0.1) is 6.54 Å². The van der Waals surface area contributed by atoms with E-state index in [2.05, 4.69) is 15.3 Å². The number of aromatic nitrogens is 2. The average molecular weight is 285 g/mol. The number of urea groups is 1. The molecule has 0 spiro atoms. The van der Waals surface area contributed by atoms with Crippen LogP contribution in [0.3, 0.4) is 0 Å². The van der Waals surface area contributed by atoms with Gasteiger partial charge in [0.25, 0.3) is 0 Å². The molecular weight excluding hydrogens is 266 g/mol. The number of nitrogens with zero attached hydrogens (tertiary/aromatic N) is 2. The Labute approximate surface area is 116 Å². The third-order valence-electron chi connectivity index (χ3n) is 2.54. The van der Waals surface area contributed by atoms with Crippen LogP contribution in [0.25, 0.3) is 0 Å². The molecule has 4 N–H and O–H groups in total. The Hall–Kier alpha value is -1.70. The first-order valence-electron chi connectivity index (χ1n) is 5.82. The molecule has 8 heteroatoms. The highest BCUT2D eigenvalue weighted by Crippen LogP contribution is 2.05. The molecule has 7 nitrogen and oxygen atoms in total. The van der Waals surface area contributed by atoms with Gasteiger partial charge in [0.1, 0.15) is 11.9 Å². The van der Waals surface area contributed by atoms with Crippen LogP contribution >= 0.6 is 11.8 Å². The summed E-state index contributed by atoms with van der Waals surface area (Å²) in [6.45, 7) is 0.363. The van der Waals surface area contributed by atoms with E-state index < -0.39 is 12.1 Å². The van der Waals surface area contributed by atoms with E-state index in [1.165, 1.54) is 4.90 Å². The molecule has 0 fully saturated rings. The van der Waals surface area contributed by atoms with E-state index in [4.69, 9.17) is 5.73 Å². The van der Waals surface area contributed by atoms with Crippen LogP contribution in [0.1, 0.15) is 12.2 Å². The number of nitrogens with one attached hydrogen (secondary N) is 2. The highest BCUT2D eigenvalue weighted by atomic mass is 32.2. The van der Waals surface area contributed by atoms with E-state index >= 15 is 0 Å². The van der Waals surface area contributed by atoms with Crippen molar-refractivity contribution in [2.75, 3.05) is 19.1 Å². The molecule has 0 radical (unpaired) electrons. The zero-order valence-electron chi connectivity index (χ0n) is 11.0. The number of H-pyrrole nitrogens is 1. The molecule has 3 amide bonds. The van der Waals surface area contributed by atoms with Gasteiger partial charge in [-0.05, 0) is 18.4 Å². The number of likely N-dealkylation sites (N-methyl/N-ethyl adjacent to an activating group) is 1. The van der Waals surface area contributed by atoms with Crippen LogP contribution in [-0.2, 0) is 11.3 Å². The van der Waals surface area contributed by atoms with E-state index in [-0.39, 0.29) is 5.91 Å². The van der Waals surface area contributed by atoms with Crippen LogP contribution in [0.5, 0.6) is 0 Å². The molecule has 1 unspecified atom stereocenters. The van der Waals surface area contributed by atoms with Gasteiger partial charge in [-0.1, -0.05) is 0 Å². The van der Waals surface area contributed by atoms with Gasteiger partial charge in [-0.15, -0.1) is 0 Å². The maximum absolute atomic E-state index is 12.2. The van der Waals surface area contributed by atoms with Crippen molar-refractivity contribution < 1.29 is 9.59 Å². The Morgan fingerprint density at radius 1 is 1.63 bits per heavy atom. The fourth-order valence-corrected chi connectivity index (χ4v) is 2.09. The van der Waals surface area contributed by atoms with Crippen molar-refractivity contribution in [3.8, 4) is 0 Å². The highest BCUT2D eigenvalue weighted by molar-refractivity contribution is 7.98. The van der Waals surface area contributed by atoms with Crippen LogP contribution in [0, 0.1) is 0 Å². The van der Waals surface area contributed by atoms with Gasteiger partial charge in [0.2, 0.25) is 5.91 Å². The van der Waals surface area contributed by atoms with Gasteiger partial charge < -0.3 is 20.9 Å². The number of carbonyl (C=O) groups excluding carboxylic acids is 2. The number of carbonyl (C=O) groups is 2. The van der Waals surface area contributed by atoms with Crippen molar-refractivity contribution in [3.05, 3.63) is 18.2 Å². The van der Waals surface area contributed by atoms with Gasteiger partial charge >= 0.3 is 6.03 Å². The van der Waals surface area contributed by atoms with E-state index in [9.17, 15) is 9.59 Å². The first-order chi connectivity index (χ1) is 9.04. The lowest BCUT2D eigenvalue weighted by Crippen LogP contribution is -2.49. The van der Waals surface area contributed by atoms with Crippen LogP contribution in [0.2, 0.25) is 0 Å². The summed E-state index contributed by atoms with van der Waals surface area (Å²) >= 11 is 1.61. The quantitative estimate of drug-likeness (QED) is 0.663. The van der Waals surface area contributed by atoms with Crippen LogP contribution in [0.4, 0.5) is 4.79 Å². The third kappa shape index (κ3) is 5.21.